The predicted molar refractivity (Wildman–Crippen MR) is 85.6 cm³/mol. The highest BCUT2D eigenvalue weighted by Crippen LogP contribution is 2.25. The van der Waals surface area contributed by atoms with Crippen LogP contribution in [-0.4, -0.2) is 35.8 Å². The van der Waals surface area contributed by atoms with Gasteiger partial charge in [0.25, 0.3) is 11.8 Å². The number of aromatic nitrogens is 1. The van der Waals surface area contributed by atoms with Crippen molar-refractivity contribution in [1.82, 2.24) is 9.69 Å². The second kappa shape index (κ2) is 7.50. The number of carbonyl (C=O) groups excluding carboxylic acids is 3. The lowest BCUT2D eigenvalue weighted by Crippen LogP contribution is -2.31. The minimum Gasteiger partial charge on any atom is -0.468 e. The molecule has 0 fully saturated rings. The lowest BCUT2D eigenvalue weighted by molar-refractivity contribution is -0.139. The Morgan fingerprint density at radius 1 is 1.17 bits per heavy atom. The molecule has 0 unspecified atom stereocenters. The fourth-order valence-electron chi connectivity index (χ4n) is 1.80. The fourth-order valence-corrected chi connectivity index (χ4v) is 2.59. The summed E-state index contributed by atoms with van der Waals surface area (Å²) in [5.74, 6) is -1.39. The van der Waals surface area contributed by atoms with Crippen LogP contribution in [0.5, 0.6) is 0 Å². The van der Waals surface area contributed by atoms with Crippen molar-refractivity contribution in [3.8, 4) is 0 Å². The minimum atomic E-state index is -0.561. The average molecular weight is 333 g/mol. The SMILES string of the molecule is COC(=O)CNC(=O)c1c(C)nsc1NC(=O)c1ccccc1. The Morgan fingerprint density at radius 3 is 2.52 bits per heavy atom. The molecular weight excluding hydrogens is 318 g/mol. The summed E-state index contributed by atoms with van der Waals surface area (Å²) in [4.78, 5) is 35.5. The summed E-state index contributed by atoms with van der Waals surface area (Å²) in [7, 11) is 1.23. The monoisotopic (exact) mass is 333 g/mol. The third-order valence-corrected chi connectivity index (χ3v) is 3.83. The third kappa shape index (κ3) is 4.13. The van der Waals surface area contributed by atoms with E-state index in [1.54, 1.807) is 37.3 Å². The van der Waals surface area contributed by atoms with E-state index in [1.807, 2.05) is 0 Å². The molecule has 7 nitrogen and oxygen atoms in total. The van der Waals surface area contributed by atoms with Crippen molar-refractivity contribution in [2.45, 2.75) is 6.92 Å². The van der Waals surface area contributed by atoms with E-state index >= 15 is 0 Å². The fraction of sp³-hybridized carbons (Fsp3) is 0.200. The Hall–Kier alpha value is -2.74. The molecular formula is C15H15N3O4S. The predicted octanol–water partition coefficient (Wildman–Crippen LogP) is 1.61. The molecule has 2 amide bonds. The van der Waals surface area contributed by atoms with Crippen molar-refractivity contribution in [3.05, 3.63) is 47.2 Å². The number of nitrogens with zero attached hydrogens (tertiary/aromatic N) is 1. The number of esters is 1. The van der Waals surface area contributed by atoms with Gasteiger partial charge in [-0.1, -0.05) is 18.2 Å². The van der Waals surface area contributed by atoms with Crippen LogP contribution in [0, 0.1) is 6.92 Å². The number of amides is 2. The minimum absolute atomic E-state index is 0.239. The second-order valence-corrected chi connectivity index (χ2v) is 5.32. The van der Waals surface area contributed by atoms with Crippen LogP contribution in [0.3, 0.4) is 0 Å². The molecule has 2 rings (SSSR count). The van der Waals surface area contributed by atoms with Gasteiger partial charge in [0, 0.05) is 5.56 Å². The summed E-state index contributed by atoms with van der Waals surface area (Å²) in [6.45, 7) is 1.40. The first-order valence-corrected chi connectivity index (χ1v) is 7.48. The molecule has 1 heterocycles. The summed E-state index contributed by atoms with van der Waals surface area (Å²) in [5, 5.41) is 5.43. The molecule has 0 atom stereocenters. The van der Waals surface area contributed by atoms with E-state index in [1.165, 1.54) is 7.11 Å². The zero-order valence-electron chi connectivity index (χ0n) is 12.6. The van der Waals surface area contributed by atoms with Crippen LogP contribution in [0.25, 0.3) is 0 Å². The molecule has 8 heteroatoms. The molecule has 0 radical (unpaired) electrons. The van der Waals surface area contributed by atoms with E-state index in [0.29, 0.717) is 16.3 Å². The molecule has 0 bridgehead atoms. The summed E-state index contributed by atoms with van der Waals surface area (Å²) in [6.07, 6.45) is 0. The quantitative estimate of drug-likeness (QED) is 0.810. The van der Waals surface area contributed by atoms with E-state index in [0.717, 1.165) is 11.5 Å². The van der Waals surface area contributed by atoms with Gasteiger partial charge >= 0.3 is 5.97 Å². The highest BCUT2D eigenvalue weighted by Gasteiger charge is 2.21. The Labute approximate surface area is 136 Å². The molecule has 0 spiro atoms. The Morgan fingerprint density at radius 2 is 1.87 bits per heavy atom. The molecule has 0 saturated carbocycles. The van der Waals surface area contributed by atoms with Crippen molar-refractivity contribution < 1.29 is 19.1 Å². The lowest BCUT2D eigenvalue weighted by atomic mass is 10.2. The lowest BCUT2D eigenvalue weighted by Gasteiger charge is -2.07. The van der Waals surface area contributed by atoms with Crippen LogP contribution in [-0.2, 0) is 9.53 Å². The molecule has 23 heavy (non-hydrogen) atoms. The normalized spacial score (nSPS) is 10.0. The van der Waals surface area contributed by atoms with Crippen molar-refractivity contribution >= 4 is 34.3 Å². The zero-order valence-corrected chi connectivity index (χ0v) is 13.4. The number of ether oxygens (including phenoxy) is 1. The summed E-state index contributed by atoms with van der Waals surface area (Å²) in [6, 6.07) is 8.63. The van der Waals surface area contributed by atoms with E-state index in [-0.39, 0.29) is 18.0 Å². The number of methoxy groups -OCH3 is 1. The van der Waals surface area contributed by atoms with E-state index in [2.05, 4.69) is 19.7 Å². The maximum Gasteiger partial charge on any atom is 0.325 e. The molecule has 0 saturated heterocycles. The van der Waals surface area contributed by atoms with Gasteiger partial charge in [-0.2, -0.15) is 4.37 Å². The van der Waals surface area contributed by atoms with Crippen LogP contribution in [0.15, 0.2) is 30.3 Å². The van der Waals surface area contributed by atoms with Gasteiger partial charge in [0.1, 0.15) is 11.5 Å². The van der Waals surface area contributed by atoms with Gasteiger partial charge in [0.15, 0.2) is 0 Å². The van der Waals surface area contributed by atoms with Crippen molar-refractivity contribution in [3.63, 3.8) is 0 Å². The van der Waals surface area contributed by atoms with Crippen LogP contribution in [0.1, 0.15) is 26.4 Å². The zero-order chi connectivity index (χ0) is 16.8. The second-order valence-electron chi connectivity index (χ2n) is 4.55. The van der Waals surface area contributed by atoms with Crippen molar-refractivity contribution in [2.24, 2.45) is 0 Å². The molecule has 2 aromatic rings. The summed E-state index contributed by atoms with van der Waals surface area (Å²) >= 11 is 1.01. The number of benzene rings is 1. The Balaban J connectivity index is 2.13. The van der Waals surface area contributed by atoms with Gasteiger partial charge in [0.05, 0.1) is 18.4 Å². The van der Waals surface area contributed by atoms with Crippen LogP contribution in [0.2, 0.25) is 0 Å². The first kappa shape index (κ1) is 16.6. The van der Waals surface area contributed by atoms with Gasteiger partial charge in [-0.25, -0.2) is 0 Å². The van der Waals surface area contributed by atoms with Gasteiger partial charge in [-0.3, -0.25) is 14.4 Å². The Bertz CT molecular complexity index is 728. The first-order chi connectivity index (χ1) is 11.0. The van der Waals surface area contributed by atoms with Gasteiger partial charge in [-0.15, -0.1) is 0 Å². The molecule has 2 N–H and O–H groups in total. The molecule has 0 aliphatic rings. The highest BCUT2D eigenvalue weighted by molar-refractivity contribution is 7.11. The first-order valence-electron chi connectivity index (χ1n) is 6.70. The largest absolute Gasteiger partial charge is 0.468 e. The molecule has 1 aromatic carbocycles. The van der Waals surface area contributed by atoms with Crippen molar-refractivity contribution in [2.75, 3.05) is 19.0 Å². The number of anilines is 1. The number of aryl methyl sites for hydroxylation is 1. The average Bonchev–Trinajstić information content (AvgIpc) is 2.93. The Kier molecular flexibility index (Phi) is 5.42. The number of rotatable bonds is 5. The van der Waals surface area contributed by atoms with Crippen LogP contribution in [0.4, 0.5) is 5.00 Å². The van der Waals surface area contributed by atoms with Crippen molar-refractivity contribution in [1.29, 1.82) is 0 Å². The van der Waals surface area contributed by atoms with Gasteiger partial charge in [-0.05, 0) is 30.6 Å². The summed E-state index contributed by atoms with van der Waals surface area (Å²) in [5.41, 5.74) is 1.18. The highest BCUT2D eigenvalue weighted by atomic mass is 32.1. The standard InChI is InChI=1S/C15H15N3O4S/c1-9-12(14(21)16-8-11(19)22-2)15(23-18-9)17-13(20)10-6-4-3-5-7-10/h3-7H,8H2,1-2H3,(H,16,21)(H,17,20). The number of nitrogens with one attached hydrogen (secondary N) is 2. The van der Waals surface area contributed by atoms with Gasteiger partial charge < -0.3 is 15.4 Å². The van der Waals surface area contributed by atoms with Gasteiger partial charge in [0.2, 0.25) is 0 Å². The van der Waals surface area contributed by atoms with E-state index in [9.17, 15) is 14.4 Å². The molecule has 0 aliphatic carbocycles. The van der Waals surface area contributed by atoms with Crippen LogP contribution >= 0.6 is 11.5 Å². The molecule has 1 aromatic heterocycles. The summed E-state index contributed by atoms with van der Waals surface area (Å²) < 4.78 is 8.55. The number of hydrogen-bond acceptors (Lipinski definition) is 6. The maximum absolute atomic E-state index is 12.2. The molecule has 0 aliphatic heterocycles. The number of carbonyl (C=O) groups is 3. The van der Waals surface area contributed by atoms with Crippen LogP contribution < -0.4 is 10.6 Å². The number of hydrogen-bond donors (Lipinski definition) is 2. The topological polar surface area (TPSA) is 97.4 Å². The third-order valence-electron chi connectivity index (χ3n) is 2.97. The maximum atomic E-state index is 12.2. The smallest absolute Gasteiger partial charge is 0.325 e. The van der Waals surface area contributed by atoms with E-state index < -0.39 is 11.9 Å². The molecule has 120 valence electrons. The van der Waals surface area contributed by atoms with E-state index in [4.69, 9.17) is 0 Å².